The molecule has 0 spiro atoms. The quantitative estimate of drug-likeness (QED) is 0.697. The van der Waals surface area contributed by atoms with Crippen molar-refractivity contribution >= 4 is 11.8 Å². The Morgan fingerprint density at radius 2 is 1.71 bits per heavy atom. The van der Waals surface area contributed by atoms with Gasteiger partial charge in [0.05, 0.1) is 0 Å². The number of anilines is 1. The van der Waals surface area contributed by atoms with Crippen molar-refractivity contribution in [3.63, 3.8) is 0 Å². The molecule has 2 rings (SSSR count). The van der Waals surface area contributed by atoms with Crippen LogP contribution in [0.25, 0.3) is 6.08 Å². The van der Waals surface area contributed by atoms with Crippen molar-refractivity contribution < 1.29 is 0 Å². The minimum atomic E-state index is 1.13. The Hall–Kier alpha value is -1.50. The smallest absolute Gasteiger partial charge is 0.0366 e. The summed E-state index contributed by atoms with van der Waals surface area (Å²) in [7, 11) is 0. The highest BCUT2D eigenvalue weighted by molar-refractivity contribution is 5.60. The van der Waals surface area contributed by atoms with E-state index in [1.54, 1.807) is 0 Å². The second kappa shape index (κ2) is 5.22. The van der Waals surface area contributed by atoms with Gasteiger partial charge in [-0.1, -0.05) is 30.4 Å². The van der Waals surface area contributed by atoms with Crippen LogP contribution in [0.3, 0.4) is 0 Å². The van der Waals surface area contributed by atoms with Crippen molar-refractivity contribution in [1.29, 1.82) is 0 Å². The van der Waals surface area contributed by atoms with Crippen LogP contribution < -0.4 is 4.90 Å². The molecule has 1 heteroatoms. The molecule has 90 valence electrons. The van der Waals surface area contributed by atoms with Crippen molar-refractivity contribution in [2.24, 2.45) is 0 Å². The molecule has 1 nitrogen and oxygen atoms in total. The first-order chi connectivity index (χ1) is 8.16. The fourth-order valence-electron chi connectivity index (χ4n) is 2.13. The van der Waals surface area contributed by atoms with Gasteiger partial charge in [0.25, 0.3) is 0 Å². The topological polar surface area (TPSA) is 3.24 Å². The highest BCUT2D eigenvalue weighted by Gasteiger charge is 2.11. The van der Waals surface area contributed by atoms with E-state index < -0.39 is 0 Å². The van der Waals surface area contributed by atoms with Crippen LogP contribution in [0, 0.1) is 0 Å². The molecule has 0 unspecified atom stereocenters. The van der Waals surface area contributed by atoms with Crippen LogP contribution in [0.4, 0.5) is 5.69 Å². The van der Waals surface area contributed by atoms with E-state index in [1.165, 1.54) is 42.8 Å². The lowest BCUT2D eigenvalue weighted by Gasteiger charge is -2.17. The summed E-state index contributed by atoms with van der Waals surface area (Å²) in [5.74, 6) is 0. The van der Waals surface area contributed by atoms with Gasteiger partial charge in [-0.05, 0) is 50.0 Å². The van der Waals surface area contributed by atoms with Crippen molar-refractivity contribution in [2.45, 2.75) is 26.7 Å². The number of hydrogen-bond donors (Lipinski definition) is 0. The highest BCUT2D eigenvalue weighted by atomic mass is 15.1. The van der Waals surface area contributed by atoms with Crippen LogP contribution in [-0.4, -0.2) is 13.1 Å². The molecule has 1 saturated heterocycles. The number of hydrogen-bond acceptors (Lipinski definition) is 1. The van der Waals surface area contributed by atoms with Crippen LogP contribution in [0.5, 0.6) is 0 Å². The second-order valence-corrected chi connectivity index (χ2v) is 4.89. The molecule has 17 heavy (non-hydrogen) atoms. The summed E-state index contributed by atoms with van der Waals surface area (Å²) in [5, 5.41) is 0. The second-order valence-electron chi connectivity index (χ2n) is 4.89. The maximum Gasteiger partial charge on any atom is 0.0366 e. The Kier molecular flexibility index (Phi) is 3.68. The van der Waals surface area contributed by atoms with Crippen LogP contribution >= 0.6 is 0 Å². The molecule has 0 aliphatic carbocycles. The maximum atomic E-state index is 3.96. The van der Waals surface area contributed by atoms with E-state index in [2.05, 4.69) is 48.7 Å². The summed E-state index contributed by atoms with van der Waals surface area (Å²) < 4.78 is 0. The molecule has 1 heterocycles. The number of allylic oxidation sites excluding steroid dienone is 2. The minimum absolute atomic E-state index is 1.13. The highest BCUT2D eigenvalue weighted by Crippen LogP contribution is 2.21. The molecule has 0 N–H and O–H groups in total. The van der Waals surface area contributed by atoms with E-state index in [0.29, 0.717) is 0 Å². The average Bonchev–Trinajstić information content (AvgIpc) is 2.83. The van der Waals surface area contributed by atoms with Gasteiger partial charge < -0.3 is 4.90 Å². The minimum Gasteiger partial charge on any atom is -0.372 e. The van der Waals surface area contributed by atoms with Gasteiger partial charge in [0.15, 0.2) is 0 Å². The molecule has 0 saturated carbocycles. The van der Waals surface area contributed by atoms with Crippen molar-refractivity contribution in [1.82, 2.24) is 0 Å². The Bertz CT molecular complexity index is 419. The van der Waals surface area contributed by atoms with Crippen LogP contribution in [-0.2, 0) is 0 Å². The fourth-order valence-corrected chi connectivity index (χ4v) is 2.13. The summed E-state index contributed by atoms with van der Waals surface area (Å²) in [6, 6.07) is 8.84. The lowest BCUT2D eigenvalue weighted by atomic mass is 10.1. The molecule has 0 radical (unpaired) electrons. The molecule has 0 amide bonds. The molecule has 0 bridgehead atoms. The third-order valence-corrected chi connectivity index (χ3v) is 3.42. The Balaban J connectivity index is 2.12. The normalized spacial score (nSPS) is 16.4. The predicted octanol–water partition coefficient (Wildman–Crippen LogP) is 4.27. The third-order valence-electron chi connectivity index (χ3n) is 3.42. The number of nitrogens with zero attached hydrogens (tertiary/aromatic N) is 1. The summed E-state index contributed by atoms with van der Waals surface area (Å²) in [6.07, 6.45) is 4.85. The summed E-state index contributed by atoms with van der Waals surface area (Å²) in [4.78, 5) is 2.46. The molecule has 1 aliphatic rings. The molecular formula is C16H21N. The third kappa shape index (κ3) is 3.00. The molecule has 1 aromatic rings. The molecule has 1 aliphatic heterocycles. The van der Waals surface area contributed by atoms with Crippen LogP contribution in [0.15, 0.2) is 42.0 Å². The van der Waals surface area contributed by atoms with Gasteiger partial charge >= 0.3 is 0 Å². The summed E-state index contributed by atoms with van der Waals surface area (Å²) >= 11 is 0. The van der Waals surface area contributed by atoms with E-state index >= 15 is 0 Å². The molecular weight excluding hydrogens is 206 g/mol. The zero-order chi connectivity index (χ0) is 12.3. The van der Waals surface area contributed by atoms with Gasteiger partial charge in [0.1, 0.15) is 0 Å². The molecule has 1 aromatic carbocycles. The number of rotatable bonds is 3. The zero-order valence-corrected chi connectivity index (χ0v) is 10.9. The monoisotopic (exact) mass is 227 g/mol. The fraction of sp³-hybridized carbons (Fsp3) is 0.375. The lowest BCUT2D eigenvalue weighted by molar-refractivity contribution is 0.949. The van der Waals surface area contributed by atoms with Crippen LogP contribution in [0.2, 0.25) is 0 Å². The van der Waals surface area contributed by atoms with Crippen molar-refractivity contribution in [3.8, 4) is 0 Å². The number of benzene rings is 1. The molecule has 0 atom stereocenters. The average molecular weight is 227 g/mol. The van der Waals surface area contributed by atoms with E-state index in [4.69, 9.17) is 0 Å². The molecule has 0 aromatic heterocycles. The van der Waals surface area contributed by atoms with Gasteiger partial charge in [-0.2, -0.15) is 0 Å². The zero-order valence-electron chi connectivity index (χ0n) is 10.9. The first-order valence-corrected chi connectivity index (χ1v) is 6.36. The van der Waals surface area contributed by atoms with Gasteiger partial charge in [0, 0.05) is 18.8 Å². The SMILES string of the molecule is C=C(C)/C(C)=C\c1ccc(N2CCCC2)cc1. The van der Waals surface area contributed by atoms with Crippen LogP contribution in [0.1, 0.15) is 32.3 Å². The summed E-state index contributed by atoms with van der Waals surface area (Å²) in [5.41, 5.74) is 4.99. The van der Waals surface area contributed by atoms with Gasteiger partial charge in [0.2, 0.25) is 0 Å². The van der Waals surface area contributed by atoms with E-state index in [-0.39, 0.29) is 0 Å². The van der Waals surface area contributed by atoms with E-state index in [9.17, 15) is 0 Å². The van der Waals surface area contributed by atoms with Crippen molar-refractivity contribution in [2.75, 3.05) is 18.0 Å². The van der Waals surface area contributed by atoms with Crippen molar-refractivity contribution in [3.05, 3.63) is 47.6 Å². The Labute approximate surface area is 104 Å². The lowest BCUT2D eigenvalue weighted by Crippen LogP contribution is -2.17. The summed E-state index contributed by atoms with van der Waals surface area (Å²) in [6.45, 7) is 10.5. The largest absolute Gasteiger partial charge is 0.372 e. The Morgan fingerprint density at radius 1 is 1.12 bits per heavy atom. The van der Waals surface area contributed by atoms with Gasteiger partial charge in [-0.15, -0.1) is 0 Å². The van der Waals surface area contributed by atoms with E-state index in [1.807, 2.05) is 6.92 Å². The van der Waals surface area contributed by atoms with Gasteiger partial charge in [-0.25, -0.2) is 0 Å². The maximum absolute atomic E-state index is 3.96. The first kappa shape index (κ1) is 12.0. The standard InChI is InChI=1S/C16H21N/c1-13(2)14(3)12-15-6-8-16(9-7-15)17-10-4-5-11-17/h6-9,12H,1,4-5,10-11H2,2-3H3/b14-12-. The van der Waals surface area contributed by atoms with Gasteiger partial charge in [-0.3, -0.25) is 0 Å². The Morgan fingerprint density at radius 3 is 2.24 bits per heavy atom. The molecule has 1 fully saturated rings. The predicted molar refractivity (Wildman–Crippen MR) is 76.4 cm³/mol. The van der Waals surface area contributed by atoms with E-state index in [0.717, 1.165) is 5.57 Å². The first-order valence-electron chi connectivity index (χ1n) is 6.36.